The van der Waals surface area contributed by atoms with Crippen molar-refractivity contribution in [2.24, 2.45) is 0 Å². The number of aryl methyl sites for hydroxylation is 1. The molecule has 0 spiro atoms. The lowest BCUT2D eigenvalue weighted by Crippen LogP contribution is -2.15. The fraction of sp³-hybridized carbons (Fsp3) is 0.0938. The Labute approximate surface area is 378 Å². The van der Waals surface area contributed by atoms with E-state index in [4.69, 9.17) is 0 Å². The Bertz CT molecular complexity index is 3220. The minimum atomic E-state index is -0.110. The first-order valence-electron chi connectivity index (χ1n) is 22.7. The van der Waals surface area contributed by atoms with Crippen LogP contribution in [-0.2, 0) is 11.8 Å². The van der Waals surface area contributed by atoms with Crippen molar-refractivity contribution in [3.05, 3.63) is 264 Å². The monoisotopic (exact) mass is 818 g/mol. The van der Waals surface area contributed by atoms with E-state index in [2.05, 4.69) is 250 Å². The van der Waals surface area contributed by atoms with Gasteiger partial charge in [0.2, 0.25) is 0 Å². The molecule has 0 fully saturated rings. The van der Waals surface area contributed by atoms with E-state index in [-0.39, 0.29) is 11.3 Å². The number of benzene rings is 10. The topological polar surface area (TPSA) is 0 Å². The molecule has 10 aromatic carbocycles. The Kier molecular flexibility index (Phi) is 10.2. The lowest BCUT2D eigenvalue weighted by molar-refractivity contribution is 0.657. The second-order valence-corrected chi connectivity index (χ2v) is 18.0. The minimum Gasteiger partial charge on any atom is -0.0622 e. The summed E-state index contributed by atoms with van der Waals surface area (Å²) < 4.78 is 0. The fourth-order valence-electron chi connectivity index (χ4n) is 10.2. The molecule has 0 N–H and O–H groups in total. The lowest BCUT2D eigenvalue weighted by Gasteiger charge is -2.23. The Balaban J connectivity index is 0.840. The van der Waals surface area contributed by atoms with Crippen LogP contribution in [0.2, 0.25) is 0 Å². The summed E-state index contributed by atoms with van der Waals surface area (Å²) in [6.45, 7) is 4.81. The predicted molar refractivity (Wildman–Crippen MR) is 272 cm³/mol. The van der Waals surface area contributed by atoms with Gasteiger partial charge in [0.15, 0.2) is 0 Å². The van der Waals surface area contributed by atoms with Gasteiger partial charge in [0.05, 0.1) is 0 Å². The molecule has 0 amide bonds. The maximum atomic E-state index is 2.51. The molecular weight excluding hydrogens is 769 g/mol. The van der Waals surface area contributed by atoms with E-state index < -0.39 is 0 Å². The van der Waals surface area contributed by atoms with E-state index in [0.29, 0.717) is 0 Å². The van der Waals surface area contributed by atoms with Crippen LogP contribution < -0.4 is 0 Å². The van der Waals surface area contributed by atoms with Crippen LogP contribution in [0, 0.1) is 0 Å². The largest absolute Gasteiger partial charge is 0.0622 e. The van der Waals surface area contributed by atoms with Gasteiger partial charge in [0.25, 0.3) is 0 Å². The first kappa shape index (κ1) is 39.3. The van der Waals surface area contributed by atoms with Gasteiger partial charge in [-0.25, -0.2) is 0 Å². The van der Waals surface area contributed by atoms with Gasteiger partial charge in [0, 0.05) is 11.3 Å². The van der Waals surface area contributed by atoms with Crippen molar-refractivity contribution >= 4 is 10.8 Å². The van der Waals surface area contributed by atoms with Crippen LogP contribution >= 0.6 is 0 Å². The summed E-state index contributed by atoms with van der Waals surface area (Å²) in [7, 11) is 0. The maximum absolute atomic E-state index is 2.51. The molecule has 10 aromatic rings. The zero-order valence-corrected chi connectivity index (χ0v) is 36.5. The van der Waals surface area contributed by atoms with Gasteiger partial charge in [-0.1, -0.05) is 244 Å². The highest BCUT2D eigenvalue weighted by Gasteiger charge is 2.36. The Morgan fingerprint density at radius 3 is 1.30 bits per heavy atom. The first-order valence-corrected chi connectivity index (χ1v) is 22.7. The highest BCUT2D eigenvalue weighted by atomic mass is 14.4. The lowest BCUT2D eigenvalue weighted by atomic mass is 9.80. The van der Waals surface area contributed by atoms with Gasteiger partial charge < -0.3 is 0 Å². The average molecular weight is 819 g/mol. The SMILES string of the molecule is CC1(C)c2cc(CCC(c3ccc(-c4ccc(-c5ccccc5)cc4)cc3)c3cccc4ccccc34)ccc2-c2ccc(-c3ccc(-c4ccc(-c5ccccc5)cc4)cc3)cc21. The van der Waals surface area contributed by atoms with Crippen molar-refractivity contribution in [3.8, 4) is 66.8 Å². The summed E-state index contributed by atoms with van der Waals surface area (Å²) >= 11 is 0. The second kappa shape index (κ2) is 16.6. The predicted octanol–water partition coefficient (Wildman–Crippen LogP) is 17.2. The minimum absolute atomic E-state index is 0.110. The molecule has 0 heteroatoms. The number of fused-ring (bicyclic) bond motifs is 4. The Morgan fingerprint density at radius 1 is 0.344 bits per heavy atom. The van der Waals surface area contributed by atoms with Gasteiger partial charge in [0.1, 0.15) is 0 Å². The summed E-state index contributed by atoms with van der Waals surface area (Å²) in [5.41, 5.74) is 22.0. The molecule has 0 aromatic heterocycles. The molecule has 64 heavy (non-hydrogen) atoms. The van der Waals surface area contributed by atoms with Crippen LogP contribution in [0.4, 0.5) is 0 Å². The van der Waals surface area contributed by atoms with Crippen molar-refractivity contribution in [2.75, 3.05) is 0 Å². The molecule has 306 valence electrons. The maximum Gasteiger partial charge on any atom is 0.0159 e. The molecule has 1 aliphatic carbocycles. The Morgan fingerprint density at radius 2 is 0.750 bits per heavy atom. The van der Waals surface area contributed by atoms with Crippen LogP contribution in [0.3, 0.4) is 0 Å². The van der Waals surface area contributed by atoms with Crippen LogP contribution in [-0.4, -0.2) is 0 Å². The first-order chi connectivity index (χ1) is 31.5. The zero-order chi connectivity index (χ0) is 43.0. The van der Waals surface area contributed by atoms with Crippen molar-refractivity contribution in [3.63, 3.8) is 0 Å². The van der Waals surface area contributed by atoms with Crippen LogP contribution in [0.1, 0.15) is 54.0 Å². The quantitative estimate of drug-likeness (QED) is 0.129. The van der Waals surface area contributed by atoms with Crippen LogP contribution in [0.15, 0.2) is 237 Å². The molecule has 1 unspecified atom stereocenters. The van der Waals surface area contributed by atoms with Crippen molar-refractivity contribution in [1.82, 2.24) is 0 Å². The number of hydrogen-bond acceptors (Lipinski definition) is 0. The summed E-state index contributed by atoms with van der Waals surface area (Å²) in [5.74, 6) is 0.252. The van der Waals surface area contributed by atoms with E-state index in [1.165, 1.54) is 105 Å². The fourth-order valence-corrected chi connectivity index (χ4v) is 10.2. The molecule has 1 atom stereocenters. The van der Waals surface area contributed by atoms with E-state index >= 15 is 0 Å². The third kappa shape index (κ3) is 7.46. The molecule has 0 nitrogen and oxygen atoms in total. The summed E-state index contributed by atoms with van der Waals surface area (Å²) in [5, 5.41) is 2.63. The molecule has 0 radical (unpaired) electrons. The van der Waals surface area contributed by atoms with E-state index in [0.717, 1.165) is 12.8 Å². The van der Waals surface area contributed by atoms with Crippen LogP contribution in [0.25, 0.3) is 77.5 Å². The third-order valence-corrected chi connectivity index (χ3v) is 13.8. The highest BCUT2D eigenvalue weighted by molar-refractivity contribution is 5.87. The van der Waals surface area contributed by atoms with Gasteiger partial charge in [-0.15, -0.1) is 0 Å². The highest BCUT2D eigenvalue weighted by Crippen LogP contribution is 2.50. The third-order valence-electron chi connectivity index (χ3n) is 13.8. The molecule has 0 aliphatic heterocycles. The summed E-state index contributed by atoms with van der Waals surface area (Å²) in [6.07, 6.45) is 2.01. The standard InChI is InChI=1S/C64H50/c1-64(2)62-42-44(21-40-60(62)61-41-38-56(43-63(61)64)53-32-30-51(31-33-53)49-26-22-47(23-27-49)45-12-5-3-6-13-45)20-39-58(59-19-11-17-54-16-9-10-18-57(54)59)55-36-34-52(35-37-55)50-28-24-48(25-29-50)46-14-7-4-8-15-46/h3-19,21-38,40-43,58H,20,39H2,1-2H3. The molecule has 0 saturated heterocycles. The summed E-state index contributed by atoms with van der Waals surface area (Å²) in [4.78, 5) is 0. The molecule has 11 rings (SSSR count). The van der Waals surface area contributed by atoms with Crippen LogP contribution in [0.5, 0.6) is 0 Å². The van der Waals surface area contributed by atoms with Crippen molar-refractivity contribution < 1.29 is 0 Å². The van der Waals surface area contributed by atoms with Crippen molar-refractivity contribution in [2.45, 2.75) is 38.0 Å². The molecule has 0 bridgehead atoms. The molecular formula is C64H50. The van der Waals surface area contributed by atoms with Crippen molar-refractivity contribution in [1.29, 1.82) is 0 Å². The molecule has 1 aliphatic rings. The molecule has 0 heterocycles. The van der Waals surface area contributed by atoms with Gasteiger partial charge in [-0.05, 0) is 124 Å². The van der Waals surface area contributed by atoms with Gasteiger partial charge >= 0.3 is 0 Å². The number of rotatable bonds is 10. The van der Waals surface area contributed by atoms with E-state index in [9.17, 15) is 0 Å². The Hall–Kier alpha value is -7.54. The second-order valence-electron chi connectivity index (χ2n) is 18.0. The van der Waals surface area contributed by atoms with Gasteiger partial charge in [-0.2, -0.15) is 0 Å². The van der Waals surface area contributed by atoms with E-state index in [1.54, 1.807) is 0 Å². The average Bonchev–Trinajstić information content (AvgIpc) is 3.59. The van der Waals surface area contributed by atoms with Gasteiger partial charge in [-0.3, -0.25) is 0 Å². The number of hydrogen-bond donors (Lipinski definition) is 0. The van der Waals surface area contributed by atoms with E-state index in [1.807, 2.05) is 0 Å². The zero-order valence-electron chi connectivity index (χ0n) is 36.5. The molecule has 0 saturated carbocycles. The smallest absolute Gasteiger partial charge is 0.0159 e. The normalized spacial score (nSPS) is 13.0. The summed E-state index contributed by atoms with van der Waals surface area (Å²) in [6, 6.07) is 87.5.